The van der Waals surface area contributed by atoms with Crippen LogP contribution in [-0.2, 0) is 9.59 Å². The van der Waals surface area contributed by atoms with E-state index in [0.717, 1.165) is 24.1 Å². The van der Waals surface area contributed by atoms with Gasteiger partial charge in [0.2, 0.25) is 5.91 Å². The summed E-state index contributed by atoms with van der Waals surface area (Å²) in [6.45, 7) is 0.490. The maximum Gasteiger partial charge on any atom is 0.326 e. The van der Waals surface area contributed by atoms with E-state index in [0.29, 0.717) is 13.0 Å². The van der Waals surface area contributed by atoms with Gasteiger partial charge >= 0.3 is 5.97 Å². The fourth-order valence-electron chi connectivity index (χ4n) is 2.86. The molecule has 6 heteroatoms. The molecule has 3 rings (SSSR count). The maximum atomic E-state index is 12.3. The minimum atomic E-state index is -0.937. The van der Waals surface area contributed by atoms with Crippen LogP contribution in [0.3, 0.4) is 0 Å². The van der Waals surface area contributed by atoms with Crippen LogP contribution in [-0.4, -0.2) is 44.3 Å². The largest absolute Gasteiger partial charge is 0.480 e. The van der Waals surface area contributed by atoms with E-state index in [1.54, 1.807) is 17.0 Å². The fraction of sp³-hybridized carbons (Fsp3) is 0.278. The first kappa shape index (κ1) is 16.0. The van der Waals surface area contributed by atoms with E-state index < -0.39 is 12.0 Å². The summed E-state index contributed by atoms with van der Waals surface area (Å²) in [6, 6.07) is 8.96. The van der Waals surface area contributed by atoms with Gasteiger partial charge in [0, 0.05) is 24.4 Å². The van der Waals surface area contributed by atoms with Crippen molar-refractivity contribution in [2.45, 2.75) is 25.3 Å². The molecule has 124 valence electrons. The normalized spacial score (nSPS) is 18.0. The quantitative estimate of drug-likeness (QED) is 0.876. The van der Waals surface area contributed by atoms with Gasteiger partial charge in [0.15, 0.2) is 0 Å². The van der Waals surface area contributed by atoms with Gasteiger partial charge in [-0.2, -0.15) is 5.10 Å². The van der Waals surface area contributed by atoms with Gasteiger partial charge in [0.05, 0.1) is 11.9 Å². The lowest BCUT2D eigenvalue weighted by Crippen LogP contribution is -2.47. The van der Waals surface area contributed by atoms with Crippen molar-refractivity contribution in [3.05, 3.63) is 54.4 Å². The molecule has 1 fully saturated rings. The molecule has 0 radical (unpaired) electrons. The Morgan fingerprint density at radius 3 is 2.75 bits per heavy atom. The van der Waals surface area contributed by atoms with Gasteiger partial charge in [-0.3, -0.25) is 4.79 Å². The number of amides is 1. The predicted molar refractivity (Wildman–Crippen MR) is 89.6 cm³/mol. The average Bonchev–Trinajstić information content (AvgIpc) is 3.09. The number of carboxylic acids is 1. The van der Waals surface area contributed by atoms with Crippen molar-refractivity contribution in [1.82, 2.24) is 14.7 Å². The number of rotatable bonds is 4. The lowest BCUT2D eigenvalue weighted by Gasteiger charge is -2.32. The van der Waals surface area contributed by atoms with Crippen LogP contribution < -0.4 is 0 Å². The first-order valence-corrected chi connectivity index (χ1v) is 7.97. The van der Waals surface area contributed by atoms with Crippen molar-refractivity contribution >= 4 is 18.0 Å². The molecular weight excluding hydrogens is 306 g/mol. The van der Waals surface area contributed by atoms with Gasteiger partial charge in [-0.25, -0.2) is 9.48 Å². The Morgan fingerprint density at radius 1 is 1.21 bits per heavy atom. The zero-order valence-corrected chi connectivity index (χ0v) is 13.2. The summed E-state index contributed by atoms with van der Waals surface area (Å²) >= 11 is 0. The highest BCUT2D eigenvalue weighted by molar-refractivity contribution is 5.94. The number of likely N-dealkylation sites (tertiary alicyclic amines) is 1. The van der Waals surface area contributed by atoms with Gasteiger partial charge in [-0.1, -0.05) is 18.2 Å². The van der Waals surface area contributed by atoms with Crippen LogP contribution in [0.1, 0.15) is 24.8 Å². The van der Waals surface area contributed by atoms with Crippen molar-refractivity contribution in [2.24, 2.45) is 0 Å². The Kier molecular flexibility index (Phi) is 4.74. The first-order chi connectivity index (χ1) is 11.6. The highest BCUT2D eigenvalue weighted by Crippen LogP contribution is 2.18. The van der Waals surface area contributed by atoms with E-state index in [1.165, 1.54) is 11.0 Å². The van der Waals surface area contributed by atoms with Crippen LogP contribution in [0.5, 0.6) is 0 Å². The number of benzene rings is 1. The number of para-hydroxylation sites is 1. The van der Waals surface area contributed by atoms with Crippen LogP contribution in [0, 0.1) is 0 Å². The number of hydrogen-bond acceptors (Lipinski definition) is 3. The van der Waals surface area contributed by atoms with E-state index in [2.05, 4.69) is 5.10 Å². The van der Waals surface area contributed by atoms with Crippen LogP contribution in [0.2, 0.25) is 0 Å². The summed E-state index contributed by atoms with van der Waals surface area (Å²) in [5.74, 6) is -1.21. The van der Waals surface area contributed by atoms with E-state index in [-0.39, 0.29) is 5.91 Å². The molecule has 2 heterocycles. The maximum absolute atomic E-state index is 12.3. The number of piperidine rings is 1. The fourth-order valence-corrected chi connectivity index (χ4v) is 2.86. The number of carbonyl (C=O) groups is 2. The van der Waals surface area contributed by atoms with Crippen molar-refractivity contribution < 1.29 is 14.7 Å². The van der Waals surface area contributed by atoms with Crippen LogP contribution in [0.15, 0.2) is 48.8 Å². The Morgan fingerprint density at radius 2 is 2.00 bits per heavy atom. The number of aliphatic carboxylic acids is 1. The lowest BCUT2D eigenvalue weighted by molar-refractivity contribution is -0.150. The van der Waals surface area contributed by atoms with Crippen molar-refractivity contribution in [3.8, 4) is 5.69 Å². The Balaban J connectivity index is 1.70. The molecule has 0 unspecified atom stereocenters. The number of hydrogen-bond donors (Lipinski definition) is 1. The molecule has 24 heavy (non-hydrogen) atoms. The molecule has 1 saturated heterocycles. The van der Waals surface area contributed by atoms with Gasteiger partial charge in [-0.15, -0.1) is 0 Å². The highest BCUT2D eigenvalue weighted by Gasteiger charge is 2.30. The number of nitrogens with zero attached hydrogens (tertiary/aromatic N) is 3. The average molecular weight is 325 g/mol. The number of carboxylic acid groups (broad SMARTS) is 1. The predicted octanol–water partition coefficient (Wildman–Crippen LogP) is 2.35. The molecule has 1 aromatic carbocycles. The first-order valence-electron chi connectivity index (χ1n) is 7.97. The molecule has 1 amide bonds. The number of aromatic nitrogens is 2. The molecule has 6 nitrogen and oxygen atoms in total. The molecule has 1 N–H and O–H groups in total. The topological polar surface area (TPSA) is 75.4 Å². The second-order valence-electron chi connectivity index (χ2n) is 5.77. The zero-order valence-electron chi connectivity index (χ0n) is 13.2. The summed E-state index contributed by atoms with van der Waals surface area (Å²) in [5, 5.41) is 13.5. The molecule has 2 aromatic rings. The van der Waals surface area contributed by atoms with E-state index >= 15 is 0 Å². The van der Waals surface area contributed by atoms with E-state index in [4.69, 9.17) is 0 Å². The molecule has 0 saturated carbocycles. The van der Waals surface area contributed by atoms with Crippen LogP contribution in [0.4, 0.5) is 0 Å². The lowest BCUT2D eigenvalue weighted by atomic mass is 10.0. The van der Waals surface area contributed by atoms with Gasteiger partial charge in [-0.05, 0) is 37.5 Å². The van der Waals surface area contributed by atoms with Crippen molar-refractivity contribution in [3.63, 3.8) is 0 Å². The smallest absolute Gasteiger partial charge is 0.326 e. The minimum absolute atomic E-state index is 0.269. The highest BCUT2D eigenvalue weighted by atomic mass is 16.4. The SMILES string of the molecule is O=C(O)[C@H]1CCCCN1C(=O)C=Cc1cnn(-c2ccccc2)c1. The molecule has 0 aliphatic carbocycles. The Bertz CT molecular complexity index is 752. The monoisotopic (exact) mass is 325 g/mol. The summed E-state index contributed by atoms with van der Waals surface area (Å²) in [7, 11) is 0. The molecule has 1 aliphatic heterocycles. The second kappa shape index (κ2) is 7.12. The van der Waals surface area contributed by atoms with Gasteiger partial charge in [0.25, 0.3) is 0 Å². The van der Waals surface area contributed by atoms with Crippen LogP contribution >= 0.6 is 0 Å². The number of carbonyl (C=O) groups excluding carboxylic acids is 1. The van der Waals surface area contributed by atoms with Gasteiger partial charge < -0.3 is 10.0 Å². The molecule has 1 atom stereocenters. The Labute approximate surface area is 140 Å². The summed E-state index contributed by atoms with van der Waals surface area (Å²) in [6.07, 6.45) is 8.78. The third-order valence-corrected chi connectivity index (χ3v) is 4.11. The third kappa shape index (κ3) is 3.53. The van der Waals surface area contributed by atoms with Crippen molar-refractivity contribution in [2.75, 3.05) is 6.54 Å². The molecular formula is C18H19N3O3. The molecule has 0 bridgehead atoms. The third-order valence-electron chi connectivity index (χ3n) is 4.11. The van der Waals surface area contributed by atoms with Crippen LogP contribution in [0.25, 0.3) is 11.8 Å². The molecule has 1 aromatic heterocycles. The van der Waals surface area contributed by atoms with E-state index in [1.807, 2.05) is 36.5 Å². The summed E-state index contributed by atoms with van der Waals surface area (Å²) < 4.78 is 1.73. The second-order valence-corrected chi connectivity index (χ2v) is 5.77. The molecule has 0 spiro atoms. The zero-order chi connectivity index (χ0) is 16.9. The molecule has 1 aliphatic rings. The standard InChI is InChI=1S/C18H19N3O3/c22-17(20-11-5-4-8-16(20)18(23)24)10-9-14-12-19-21(13-14)15-6-2-1-3-7-15/h1-3,6-7,9-10,12-13,16H,4-5,8,11H2,(H,23,24)/t16-/m1/s1. The summed E-state index contributed by atoms with van der Waals surface area (Å²) in [5.41, 5.74) is 1.72. The van der Waals surface area contributed by atoms with Crippen molar-refractivity contribution in [1.29, 1.82) is 0 Å². The van der Waals surface area contributed by atoms with E-state index in [9.17, 15) is 14.7 Å². The minimum Gasteiger partial charge on any atom is -0.480 e. The summed E-state index contributed by atoms with van der Waals surface area (Å²) in [4.78, 5) is 25.0. The van der Waals surface area contributed by atoms with Gasteiger partial charge in [0.1, 0.15) is 6.04 Å². The Hall–Kier alpha value is -2.89.